The average molecular weight is 306 g/mol. The highest BCUT2D eigenvalue weighted by Gasteiger charge is 2.19. The highest BCUT2D eigenvalue weighted by atomic mass is 16.6. The number of fused-ring (bicyclic) bond motifs is 1. The van der Waals surface area contributed by atoms with Crippen molar-refractivity contribution in [2.24, 2.45) is 0 Å². The molecule has 1 amide bonds. The maximum absolute atomic E-state index is 11.8. The fourth-order valence-corrected chi connectivity index (χ4v) is 1.70. The third-order valence-electron chi connectivity index (χ3n) is 2.46. The van der Waals surface area contributed by atoms with Crippen molar-refractivity contribution in [1.29, 1.82) is 0 Å². The van der Waals surface area contributed by atoms with Crippen molar-refractivity contribution in [3.8, 4) is 0 Å². The molecule has 0 aliphatic carbocycles. The topological polar surface area (TPSA) is 94.8 Å². The van der Waals surface area contributed by atoms with Gasteiger partial charge in [-0.25, -0.2) is 14.1 Å². The van der Waals surface area contributed by atoms with Gasteiger partial charge in [0.05, 0.1) is 12.3 Å². The second-order valence-electron chi connectivity index (χ2n) is 5.47. The van der Waals surface area contributed by atoms with Crippen LogP contribution in [0.2, 0.25) is 0 Å². The van der Waals surface area contributed by atoms with Gasteiger partial charge in [0.15, 0.2) is 5.65 Å². The first kappa shape index (κ1) is 15.7. The third kappa shape index (κ3) is 3.72. The molecule has 2 heterocycles. The maximum Gasteiger partial charge on any atom is 0.412 e. The van der Waals surface area contributed by atoms with Crippen LogP contribution < -0.4 is 5.32 Å². The molecule has 0 saturated heterocycles. The molecular weight excluding hydrogens is 288 g/mol. The summed E-state index contributed by atoms with van der Waals surface area (Å²) in [6, 6.07) is 3.31. The average Bonchev–Trinajstić information content (AvgIpc) is 2.82. The van der Waals surface area contributed by atoms with E-state index in [0.29, 0.717) is 11.3 Å². The lowest BCUT2D eigenvalue weighted by molar-refractivity contribution is 0.0511. The van der Waals surface area contributed by atoms with E-state index in [9.17, 15) is 9.59 Å². The van der Waals surface area contributed by atoms with Crippen molar-refractivity contribution in [2.75, 3.05) is 11.9 Å². The zero-order valence-corrected chi connectivity index (χ0v) is 12.9. The number of pyridine rings is 1. The number of anilines is 1. The normalized spacial score (nSPS) is 11.3. The summed E-state index contributed by atoms with van der Waals surface area (Å²) in [5.41, 5.74) is 0.107. The number of amides is 1. The van der Waals surface area contributed by atoms with Crippen LogP contribution in [0.15, 0.2) is 18.3 Å². The number of nitrogens with zero attached hydrogens (tertiary/aromatic N) is 3. The summed E-state index contributed by atoms with van der Waals surface area (Å²) < 4.78 is 11.4. The molecule has 2 rings (SSSR count). The largest absolute Gasteiger partial charge is 0.460 e. The number of ether oxygens (including phenoxy) is 2. The van der Waals surface area contributed by atoms with Crippen LogP contribution in [-0.2, 0) is 9.47 Å². The lowest BCUT2D eigenvalue weighted by Gasteiger charge is -2.19. The van der Waals surface area contributed by atoms with Gasteiger partial charge in [0.25, 0.3) is 5.82 Å². The van der Waals surface area contributed by atoms with E-state index in [-0.39, 0.29) is 12.4 Å². The van der Waals surface area contributed by atoms with Gasteiger partial charge in [0.1, 0.15) is 5.60 Å². The van der Waals surface area contributed by atoms with Gasteiger partial charge >= 0.3 is 12.1 Å². The van der Waals surface area contributed by atoms with Crippen molar-refractivity contribution in [3.05, 3.63) is 24.2 Å². The second-order valence-corrected chi connectivity index (χ2v) is 5.47. The van der Waals surface area contributed by atoms with Crippen molar-refractivity contribution >= 4 is 23.4 Å². The van der Waals surface area contributed by atoms with Gasteiger partial charge < -0.3 is 9.47 Å². The lowest BCUT2D eigenvalue weighted by atomic mass is 10.2. The summed E-state index contributed by atoms with van der Waals surface area (Å²) in [7, 11) is 0. The Labute approximate surface area is 127 Å². The van der Waals surface area contributed by atoms with Crippen molar-refractivity contribution in [3.63, 3.8) is 0 Å². The number of hydrogen-bond donors (Lipinski definition) is 1. The van der Waals surface area contributed by atoms with Crippen LogP contribution in [0.1, 0.15) is 38.3 Å². The number of rotatable bonds is 3. The third-order valence-corrected chi connectivity index (χ3v) is 2.46. The molecule has 0 atom stereocenters. The van der Waals surface area contributed by atoms with Crippen molar-refractivity contribution in [2.45, 2.75) is 33.3 Å². The Balaban J connectivity index is 2.27. The molecule has 0 unspecified atom stereocenters. The Morgan fingerprint density at radius 2 is 2.09 bits per heavy atom. The van der Waals surface area contributed by atoms with Crippen LogP contribution in [0, 0.1) is 0 Å². The predicted octanol–water partition coefficient (Wildman–Crippen LogP) is 2.25. The van der Waals surface area contributed by atoms with E-state index in [1.165, 1.54) is 4.52 Å². The second kappa shape index (κ2) is 6.00. The first-order valence-corrected chi connectivity index (χ1v) is 6.82. The number of carbonyl (C=O) groups excluding carboxylic acids is 2. The molecule has 0 spiro atoms. The van der Waals surface area contributed by atoms with E-state index in [1.807, 2.05) is 0 Å². The maximum atomic E-state index is 11.8. The smallest absolute Gasteiger partial charge is 0.412 e. The number of esters is 1. The van der Waals surface area contributed by atoms with Gasteiger partial charge in [-0.2, -0.15) is 4.98 Å². The molecule has 0 aromatic carbocycles. The quantitative estimate of drug-likeness (QED) is 0.874. The first-order valence-electron chi connectivity index (χ1n) is 6.82. The first-order chi connectivity index (χ1) is 10.3. The van der Waals surface area contributed by atoms with E-state index < -0.39 is 17.7 Å². The van der Waals surface area contributed by atoms with Crippen LogP contribution in [0.25, 0.3) is 5.65 Å². The zero-order valence-electron chi connectivity index (χ0n) is 12.9. The van der Waals surface area contributed by atoms with Crippen LogP contribution in [0.4, 0.5) is 10.5 Å². The van der Waals surface area contributed by atoms with Crippen LogP contribution in [0.5, 0.6) is 0 Å². The molecule has 8 heteroatoms. The van der Waals surface area contributed by atoms with Crippen LogP contribution in [0.3, 0.4) is 0 Å². The molecule has 0 aliphatic rings. The highest BCUT2D eigenvalue weighted by Crippen LogP contribution is 2.17. The number of aromatic nitrogens is 3. The number of carbonyl (C=O) groups is 2. The molecule has 0 fully saturated rings. The van der Waals surface area contributed by atoms with E-state index in [1.54, 1.807) is 46.0 Å². The van der Waals surface area contributed by atoms with E-state index in [0.717, 1.165) is 0 Å². The molecule has 0 aliphatic heterocycles. The van der Waals surface area contributed by atoms with Gasteiger partial charge in [-0.1, -0.05) is 0 Å². The molecule has 0 saturated carbocycles. The highest BCUT2D eigenvalue weighted by molar-refractivity contribution is 5.91. The molecular formula is C14H18N4O4. The summed E-state index contributed by atoms with van der Waals surface area (Å²) in [6.07, 6.45) is 1.01. The molecule has 0 bridgehead atoms. The minimum atomic E-state index is -0.616. The van der Waals surface area contributed by atoms with Gasteiger partial charge in [-0.15, -0.1) is 5.10 Å². The lowest BCUT2D eigenvalue weighted by Crippen LogP contribution is -2.27. The van der Waals surface area contributed by atoms with Crippen LogP contribution in [-0.4, -0.2) is 38.9 Å². The monoisotopic (exact) mass is 306 g/mol. The van der Waals surface area contributed by atoms with Gasteiger partial charge in [0.2, 0.25) is 0 Å². The van der Waals surface area contributed by atoms with E-state index in [4.69, 9.17) is 9.47 Å². The fraction of sp³-hybridized carbons (Fsp3) is 0.429. The Morgan fingerprint density at radius 1 is 1.36 bits per heavy atom. The SMILES string of the molecule is CCOC(=O)c1nc2c(NC(=O)OC(C)(C)C)cccn2n1. The summed E-state index contributed by atoms with van der Waals surface area (Å²) in [5, 5.41) is 6.60. The number of nitrogens with one attached hydrogen (secondary N) is 1. The summed E-state index contributed by atoms with van der Waals surface area (Å²) in [4.78, 5) is 27.6. The molecule has 22 heavy (non-hydrogen) atoms. The Morgan fingerprint density at radius 3 is 2.73 bits per heavy atom. The minimum Gasteiger partial charge on any atom is -0.460 e. The minimum absolute atomic E-state index is 0.0692. The van der Waals surface area contributed by atoms with Crippen LogP contribution >= 0.6 is 0 Å². The molecule has 8 nitrogen and oxygen atoms in total. The Bertz CT molecular complexity index is 702. The Kier molecular flexibility index (Phi) is 4.30. The van der Waals surface area contributed by atoms with Gasteiger partial charge in [0, 0.05) is 6.20 Å². The summed E-state index contributed by atoms with van der Waals surface area (Å²) in [5.74, 6) is -0.685. The zero-order chi connectivity index (χ0) is 16.3. The summed E-state index contributed by atoms with van der Waals surface area (Å²) >= 11 is 0. The number of hydrogen-bond acceptors (Lipinski definition) is 6. The summed E-state index contributed by atoms with van der Waals surface area (Å²) in [6.45, 7) is 7.23. The molecule has 1 N–H and O–H groups in total. The Hall–Kier alpha value is -2.64. The van der Waals surface area contributed by atoms with Crippen molar-refractivity contribution in [1.82, 2.24) is 14.6 Å². The molecule has 118 valence electrons. The molecule has 2 aromatic rings. The van der Waals surface area contributed by atoms with Gasteiger partial charge in [-0.3, -0.25) is 5.32 Å². The fourth-order valence-electron chi connectivity index (χ4n) is 1.70. The predicted molar refractivity (Wildman–Crippen MR) is 78.8 cm³/mol. The van der Waals surface area contributed by atoms with Gasteiger partial charge in [-0.05, 0) is 39.8 Å². The molecule has 2 aromatic heterocycles. The molecule has 0 radical (unpaired) electrons. The standard InChI is InChI=1S/C14H18N4O4/c1-5-21-12(19)10-16-11-9(7-6-8-18(11)17-10)15-13(20)22-14(2,3)4/h6-8H,5H2,1-4H3,(H,15,20). The van der Waals surface area contributed by atoms with Crippen molar-refractivity contribution < 1.29 is 19.1 Å². The van der Waals surface area contributed by atoms with E-state index in [2.05, 4.69) is 15.4 Å². The van der Waals surface area contributed by atoms with E-state index >= 15 is 0 Å².